The highest BCUT2D eigenvalue weighted by Gasteiger charge is 2.31. The normalized spacial score (nSPS) is 11.6. The molecule has 3 heterocycles. The third kappa shape index (κ3) is 4.66. The van der Waals surface area contributed by atoms with Crippen LogP contribution >= 0.6 is 0 Å². The van der Waals surface area contributed by atoms with E-state index in [1.165, 1.54) is 24.7 Å². The molecule has 0 saturated carbocycles. The van der Waals surface area contributed by atoms with Crippen LogP contribution in [-0.4, -0.2) is 27.9 Å². The molecule has 0 fully saturated rings. The lowest BCUT2D eigenvalue weighted by atomic mass is 10.2. The fourth-order valence-corrected chi connectivity index (χ4v) is 3.09. The number of carbonyl (C=O) groups excluding carboxylic acids is 2. The van der Waals surface area contributed by atoms with Crippen molar-refractivity contribution in [3.8, 4) is 0 Å². The quantitative estimate of drug-likeness (QED) is 0.446. The Morgan fingerprint density at radius 3 is 2.53 bits per heavy atom. The van der Waals surface area contributed by atoms with Gasteiger partial charge in [-0.25, -0.2) is 4.98 Å². The molecular formula is C21H17F3N4O4. The number of rotatable bonds is 7. The second-order valence-corrected chi connectivity index (χ2v) is 6.83. The predicted molar refractivity (Wildman–Crippen MR) is 107 cm³/mol. The second kappa shape index (κ2) is 8.61. The molecule has 32 heavy (non-hydrogen) atoms. The van der Waals surface area contributed by atoms with Gasteiger partial charge in [0.2, 0.25) is 11.9 Å². The average Bonchev–Trinajstić information content (AvgIpc) is 3.49. The molecular weight excluding hydrogens is 429 g/mol. The van der Waals surface area contributed by atoms with Crippen LogP contribution in [0.1, 0.15) is 28.3 Å². The Balaban J connectivity index is 1.52. The Bertz CT molecular complexity index is 1230. The molecule has 0 bridgehead atoms. The number of benzene rings is 1. The number of aromatic nitrogens is 2. The van der Waals surface area contributed by atoms with E-state index < -0.39 is 23.6 Å². The van der Waals surface area contributed by atoms with E-state index in [4.69, 9.17) is 8.83 Å². The zero-order valence-corrected chi connectivity index (χ0v) is 16.5. The molecule has 2 N–H and O–H groups in total. The van der Waals surface area contributed by atoms with Gasteiger partial charge in [-0.3, -0.25) is 14.9 Å². The Labute approximate surface area is 179 Å². The number of fused-ring (bicyclic) bond motifs is 1. The molecule has 166 valence electrons. The van der Waals surface area contributed by atoms with E-state index in [9.17, 15) is 22.8 Å². The van der Waals surface area contributed by atoms with Crippen LogP contribution in [0, 0.1) is 0 Å². The van der Waals surface area contributed by atoms with Crippen LogP contribution in [0.4, 0.5) is 19.1 Å². The Morgan fingerprint density at radius 1 is 1.06 bits per heavy atom. The smallest absolute Gasteiger partial charge is 0.416 e. The van der Waals surface area contributed by atoms with Crippen LogP contribution < -0.4 is 10.6 Å². The molecule has 2 amide bonds. The first-order valence-corrected chi connectivity index (χ1v) is 9.52. The maximum atomic E-state index is 13.1. The van der Waals surface area contributed by atoms with Crippen LogP contribution in [-0.2, 0) is 17.5 Å². The molecule has 0 unspecified atom stereocenters. The van der Waals surface area contributed by atoms with Gasteiger partial charge in [0.15, 0.2) is 5.76 Å². The van der Waals surface area contributed by atoms with Gasteiger partial charge in [0.25, 0.3) is 5.91 Å². The van der Waals surface area contributed by atoms with Gasteiger partial charge >= 0.3 is 6.18 Å². The van der Waals surface area contributed by atoms with Crippen LogP contribution in [0.2, 0.25) is 0 Å². The van der Waals surface area contributed by atoms with Gasteiger partial charge in [0.1, 0.15) is 5.76 Å². The molecule has 4 aromatic rings. The maximum Gasteiger partial charge on any atom is 0.416 e. The Kier molecular flexibility index (Phi) is 5.71. The van der Waals surface area contributed by atoms with Crippen LogP contribution in [0.25, 0.3) is 11.0 Å². The lowest BCUT2D eigenvalue weighted by Gasteiger charge is -2.10. The SMILES string of the molecule is O=C(CCNC(=O)c1ccco1)Nc1nc2cc(C(F)(F)F)ccc2n1Cc1ccco1. The summed E-state index contributed by atoms with van der Waals surface area (Å²) in [5.41, 5.74) is -0.366. The molecule has 3 aromatic heterocycles. The van der Waals surface area contributed by atoms with Gasteiger partial charge in [-0.2, -0.15) is 13.2 Å². The van der Waals surface area contributed by atoms with Crippen molar-refractivity contribution >= 4 is 28.8 Å². The van der Waals surface area contributed by atoms with E-state index in [-0.39, 0.29) is 36.7 Å². The van der Waals surface area contributed by atoms with Crippen molar-refractivity contribution in [3.05, 3.63) is 72.1 Å². The van der Waals surface area contributed by atoms with Crippen LogP contribution in [0.3, 0.4) is 0 Å². The van der Waals surface area contributed by atoms with Gasteiger partial charge in [0.05, 0.1) is 35.7 Å². The molecule has 0 aliphatic carbocycles. The molecule has 0 aliphatic heterocycles. The molecule has 0 radical (unpaired) electrons. The summed E-state index contributed by atoms with van der Waals surface area (Å²) in [5, 5.41) is 5.14. The molecule has 0 saturated heterocycles. The fourth-order valence-electron chi connectivity index (χ4n) is 3.09. The summed E-state index contributed by atoms with van der Waals surface area (Å²) in [6.45, 7) is 0.182. The molecule has 8 nitrogen and oxygen atoms in total. The molecule has 0 aliphatic rings. The van der Waals surface area contributed by atoms with E-state index in [0.717, 1.165) is 12.1 Å². The van der Waals surface area contributed by atoms with E-state index in [1.807, 2.05) is 0 Å². The Morgan fingerprint density at radius 2 is 1.84 bits per heavy atom. The third-order valence-corrected chi connectivity index (χ3v) is 4.60. The summed E-state index contributed by atoms with van der Waals surface area (Å²) in [5.74, 6) is -0.223. The van der Waals surface area contributed by atoms with Crippen molar-refractivity contribution in [2.24, 2.45) is 0 Å². The predicted octanol–water partition coefficient (Wildman–Crippen LogP) is 4.05. The lowest BCUT2D eigenvalue weighted by Crippen LogP contribution is -2.27. The number of nitrogens with zero attached hydrogens (tertiary/aromatic N) is 2. The van der Waals surface area contributed by atoms with Crippen LogP contribution in [0.5, 0.6) is 0 Å². The van der Waals surface area contributed by atoms with Gasteiger partial charge < -0.3 is 18.7 Å². The summed E-state index contributed by atoms with van der Waals surface area (Å²) in [6, 6.07) is 9.61. The summed E-state index contributed by atoms with van der Waals surface area (Å²) >= 11 is 0. The number of hydrogen-bond acceptors (Lipinski definition) is 5. The molecule has 0 spiro atoms. The highest BCUT2D eigenvalue weighted by molar-refractivity contribution is 5.93. The summed E-state index contributed by atoms with van der Waals surface area (Å²) in [6.07, 6.45) is -1.77. The van der Waals surface area contributed by atoms with Crippen molar-refractivity contribution in [2.45, 2.75) is 19.1 Å². The summed E-state index contributed by atoms with van der Waals surface area (Å²) in [4.78, 5) is 28.4. The first-order valence-electron chi connectivity index (χ1n) is 9.52. The van der Waals surface area contributed by atoms with E-state index in [1.54, 1.807) is 22.8 Å². The monoisotopic (exact) mass is 446 g/mol. The number of hydrogen-bond donors (Lipinski definition) is 2. The van der Waals surface area contributed by atoms with E-state index >= 15 is 0 Å². The van der Waals surface area contributed by atoms with Crippen molar-refractivity contribution in [1.29, 1.82) is 0 Å². The first kappa shape index (κ1) is 21.2. The largest absolute Gasteiger partial charge is 0.467 e. The summed E-state index contributed by atoms with van der Waals surface area (Å²) in [7, 11) is 0. The van der Waals surface area contributed by atoms with Gasteiger partial charge in [-0.05, 0) is 42.5 Å². The van der Waals surface area contributed by atoms with Gasteiger partial charge in [-0.15, -0.1) is 0 Å². The number of alkyl halides is 3. The number of imidazole rings is 1. The number of nitrogens with one attached hydrogen (secondary N) is 2. The number of halogens is 3. The minimum absolute atomic E-state index is 0.0298. The summed E-state index contributed by atoms with van der Waals surface area (Å²) < 4.78 is 51.1. The molecule has 11 heteroatoms. The molecule has 0 atom stereocenters. The minimum atomic E-state index is -4.52. The van der Waals surface area contributed by atoms with E-state index in [2.05, 4.69) is 15.6 Å². The third-order valence-electron chi connectivity index (χ3n) is 4.60. The van der Waals surface area contributed by atoms with Crippen LogP contribution in [0.15, 0.2) is 63.8 Å². The fraction of sp³-hybridized carbons (Fsp3) is 0.190. The minimum Gasteiger partial charge on any atom is -0.467 e. The first-order chi connectivity index (χ1) is 15.3. The standard InChI is InChI=1S/C21H17F3N4O4/c22-21(23,24)13-5-6-16-15(11-13)26-20(28(16)12-14-3-1-9-31-14)27-18(29)7-8-25-19(30)17-4-2-10-32-17/h1-6,9-11H,7-8,12H2,(H,25,30)(H,26,27,29). The van der Waals surface area contributed by atoms with E-state index in [0.29, 0.717) is 11.3 Å². The number of carbonyl (C=O) groups is 2. The zero-order chi connectivity index (χ0) is 22.7. The number of furan rings is 2. The van der Waals surface area contributed by atoms with Crippen molar-refractivity contribution < 1.29 is 31.6 Å². The molecule has 4 rings (SSSR count). The number of anilines is 1. The topological polar surface area (TPSA) is 102 Å². The van der Waals surface area contributed by atoms with Crippen molar-refractivity contribution in [2.75, 3.05) is 11.9 Å². The highest BCUT2D eigenvalue weighted by atomic mass is 19.4. The average molecular weight is 446 g/mol. The maximum absolute atomic E-state index is 13.1. The molecule has 1 aromatic carbocycles. The zero-order valence-electron chi connectivity index (χ0n) is 16.5. The highest BCUT2D eigenvalue weighted by Crippen LogP contribution is 2.32. The Hall–Kier alpha value is -4.02. The van der Waals surface area contributed by atoms with Gasteiger partial charge in [-0.1, -0.05) is 0 Å². The second-order valence-electron chi connectivity index (χ2n) is 6.83. The number of amides is 2. The van der Waals surface area contributed by atoms with Crippen molar-refractivity contribution in [3.63, 3.8) is 0 Å². The van der Waals surface area contributed by atoms with Gasteiger partial charge in [0, 0.05) is 13.0 Å². The van der Waals surface area contributed by atoms with Crippen molar-refractivity contribution in [1.82, 2.24) is 14.9 Å². The lowest BCUT2D eigenvalue weighted by molar-refractivity contribution is -0.137.